The molecule has 7 rings (SSSR count). The van der Waals surface area contributed by atoms with Gasteiger partial charge < -0.3 is 24.2 Å². The van der Waals surface area contributed by atoms with Gasteiger partial charge in [0.15, 0.2) is 5.82 Å². The number of phenols is 1. The molecule has 3 fully saturated rings. The van der Waals surface area contributed by atoms with E-state index in [0.717, 1.165) is 45.2 Å². The fraction of sp³-hybridized carbons (Fsp3) is 0.485. The van der Waals surface area contributed by atoms with E-state index >= 15 is 8.78 Å². The number of halogens is 2. The van der Waals surface area contributed by atoms with Crippen LogP contribution in [0.5, 0.6) is 17.6 Å². The molecule has 44 heavy (non-hydrogen) atoms. The van der Waals surface area contributed by atoms with Crippen LogP contribution in [0.2, 0.25) is 0 Å². The summed E-state index contributed by atoms with van der Waals surface area (Å²) in [4.78, 5) is 18.6. The van der Waals surface area contributed by atoms with Gasteiger partial charge in [0.1, 0.15) is 40.6 Å². The Hall–Kier alpha value is -3.83. The Morgan fingerprint density at radius 3 is 2.57 bits per heavy atom. The van der Waals surface area contributed by atoms with Crippen molar-refractivity contribution in [3.63, 3.8) is 0 Å². The number of pyridine rings is 1. The van der Waals surface area contributed by atoms with Crippen molar-refractivity contribution in [2.45, 2.75) is 51.0 Å². The number of hydrogen-bond donors (Lipinski definition) is 1. The summed E-state index contributed by atoms with van der Waals surface area (Å²) in [7, 11) is 1.47. The van der Waals surface area contributed by atoms with Crippen LogP contribution in [0.3, 0.4) is 0 Å². The van der Waals surface area contributed by atoms with Crippen LogP contribution >= 0.6 is 0 Å². The van der Waals surface area contributed by atoms with Crippen molar-refractivity contribution >= 4 is 27.5 Å². The zero-order valence-corrected chi connectivity index (χ0v) is 25.2. The van der Waals surface area contributed by atoms with Crippen LogP contribution in [0, 0.1) is 11.6 Å². The van der Waals surface area contributed by atoms with Crippen molar-refractivity contribution in [1.82, 2.24) is 19.9 Å². The van der Waals surface area contributed by atoms with Crippen LogP contribution in [0.15, 0.2) is 24.3 Å². The molecular weight excluding hydrogens is 568 g/mol. The van der Waals surface area contributed by atoms with Gasteiger partial charge in [-0.3, -0.25) is 4.90 Å². The fourth-order valence-electron chi connectivity index (χ4n) is 7.37. The van der Waals surface area contributed by atoms with Gasteiger partial charge in [-0.2, -0.15) is 9.97 Å². The summed E-state index contributed by atoms with van der Waals surface area (Å²) in [6, 6.07) is 5.97. The highest BCUT2D eigenvalue weighted by Crippen LogP contribution is 2.43. The number of nitrogens with zero attached hydrogens (tertiary/aromatic N) is 5. The third-order valence-electron chi connectivity index (χ3n) is 9.47. The summed E-state index contributed by atoms with van der Waals surface area (Å²) in [5.41, 5.74) is 0.519. The predicted molar refractivity (Wildman–Crippen MR) is 164 cm³/mol. The minimum absolute atomic E-state index is 0.00448. The van der Waals surface area contributed by atoms with Crippen LogP contribution in [-0.2, 0) is 11.2 Å². The van der Waals surface area contributed by atoms with E-state index in [1.54, 1.807) is 6.07 Å². The monoisotopic (exact) mass is 605 g/mol. The van der Waals surface area contributed by atoms with E-state index in [2.05, 4.69) is 14.9 Å². The van der Waals surface area contributed by atoms with Crippen molar-refractivity contribution in [2.75, 3.05) is 58.0 Å². The van der Waals surface area contributed by atoms with E-state index in [1.807, 2.05) is 11.8 Å². The van der Waals surface area contributed by atoms with Crippen LogP contribution in [0.1, 0.15) is 44.6 Å². The molecule has 232 valence electrons. The molecule has 5 heterocycles. The Bertz CT molecular complexity index is 1720. The van der Waals surface area contributed by atoms with Gasteiger partial charge in [-0.1, -0.05) is 13.0 Å². The van der Waals surface area contributed by atoms with E-state index in [0.29, 0.717) is 66.9 Å². The fourth-order valence-corrected chi connectivity index (χ4v) is 7.37. The number of aryl methyl sites for hydroxylation is 1. The predicted octanol–water partition coefficient (Wildman–Crippen LogP) is 5.63. The van der Waals surface area contributed by atoms with Gasteiger partial charge in [0.05, 0.1) is 19.3 Å². The summed E-state index contributed by atoms with van der Waals surface area (Å²) in [5, 5.41) is 12.0. The minimum Gasteiger partial charge on any atom is -0.508 e. The zero-order chi connectivity index (χ0) is 30.4. The average Bonchev–Trinajstić information content (AvgIpc) is 3.49. The number of benzene rings is 2. The summed E-state index contributed by atoms with van der Waals surface area (Å²) in [6.45, 7) is 6.68. The molecule has 2 aromatic carbocycles. The van der Waals surface area contributed by atoms with Crippen molar-refractivity contribution < 1.29 is 28.1 Å². The van der Waals surface area contributed by atoms with Gasteiger partial charge in [0, 0.05) is 25.3 Å². The number of methoxy groups -OCH3 is 1. The molecule has 0 bridgehead atoms. The highest BCUT2D eigenvalue weighted by Gasteiger charge is 2.45. The second kappa shape index (κ2) is 11.6. The first-order chi connectivity index (χ1) is 21.4. The number of aromatic hydroxyl groups is 1. The van der Waals surface area contributed by atoms with E-state index < -0.39 is 11.6 Å². The first-order valence-corrected chi connectivity index (χ1v) is 15.5. The summed E-state index contributed by atoms with van der Waals surface area (Å²) in [6.07, 6.45) is 5.49. The molecule has 0 saturated carbocycles. The lowest BCUT2D eigenvalue weighted by Crippen LogP contribution is -2.43. The molecule has 3 aliphatic heterocycles. The van der Waals surface area contributed by atoms with Crippen molar-refractivity contribution in [2.24, 2.45) is 0 Å². The molecule has 4 aromatic rings. The van der Waals surface area contributed by atoms with Gasteiger partial charge >= 0.3 is 6.01 Å². The molecule has 3 saturated heterocycles. The van der Waals surface area contributed by atoms with Crippen LogP contribution in [0.25, 0.3) is 32.9 Å². The highest BCUT2D eigenvalue weighted by molar-refractivity contribution is 6.03. The summed E-state index contributed by atoms with van der Waals surface area (Å²) < 4.78 is 49.7. The molecule has 0 unspecified atom stereocenters. The Morgan fingerprint density at radius 1 is 0.977 bits per heavy atom. The lowest BCUT2D eigenvalue weighted by molar-refractivity contribution is 0.108. The molecular formula is C33H37F2N5O4. The number of anilines is 1. The highest BCUT2D eigenvalue weighted by atomic mass is 19.1. The molecule has 9 nitrogen and oxygen atoms in total. The summed E-state index contributed by atoms with van der Waals surface area (Å²) in [5.74, 6) is -0.615. The Balaban J connectivity index is 1.44. The van der Waals surface area contributed by atoms with Gasteiger partial charge in [0.25, 0.3) is 0 Å². The Labute approximate surface area is 254 Å². The minimum atomic E-state index is -0.722. The van der Waals surface area contributed by atoms with Crippen LogP contribution < -0.4 is 14.4 Å². The van der Waals surface area contributed by atoms with Crippen molar-refractivity contribution in [3.05, 3.63) is 41.5 Å². The Morgan fingerprint density at radius 2 is 1.80 bits per heavy atom. The van der Waals surface area contributed by atoms with Gasteiger partial charge in [-0.05, 0) is 86.1 Å². The normalized spacial score (nSPS) is 18.6. The zero-order valence-electron chi connectivity index (χ0n) is 25.2. The molecule has 3 aliphatic rings. The molecule has 2 aromatic heterocycles. The number of phenolic OH excluding ortho intramolecular Hbond substituents is 1. The largest absolute Gasteiger partial charge is 0.508 e. The van der Waals surface area contributed by atoms with E-state index in [9.17, 15) is 5.11 Å². The Kier molecular flexibility index (Phi) is 7.62. The molecule has 0 amide bonds. The topological polar surface area (TPSA) is 93.1 Å². The quantitative estimate of drug-likeness (QED) is 0.288. The standard InChI is InChI=1S/C33H37F2N5O4/c1-3-22-24(34)8-7-20-17-21(41)18-23(25(20)22)28-27(35)29-26(31(36-28)42-2)30(39-11-6-15-43-16-14-39)38-32(37-29)44-19-33-9-4-12-40(33)13-5-10-33/h7-8,17-18,41H,3-6,9-16,19H2,1-2H3. The van der Waals surface area contributed by atoms with E-state index in [4.69, 9.17) is 19.2 Å². The molecule has 0 spiro atoms. The number of rotatable bonds is 7. The van der Waals surface area contributed by atoms with Crippen molar-refractivity contribution in [1.29, 1.82) is 0 Å². The lowest BCUT2D eigenvalue weighted by atomic mass is 9.94. The van der Waals surface area contributed by atoms with E-state index in [1.165, 1.54) is 25.3 Å². The lowest BCUT2D eigenvalue weighted by Gasteiger charge is -2.31. The first-order valence-electron chi connectivity index (χ1n) is 15.5. The maximum Gasteiger partial charge on any atom is 0.319 e. The molecule has 11 heteroatoms. The maximum atomic E-state index is 16.9. The van der Waals surface area contributed by atoms with Gasteiger partial charge in [-0.25, -0.2) is 13.8 Å². The molecule has 0 radical (unpaired) electrons. The van der Waals surface area contributed by atoms with Crippen LogP contribution in [-0.4, -0.2) is 83.6 Å². The maximum absolute atomic E-state index is 16.9. The smallest absolute Gasteiger partial charge is 0.319 e. The third-order valence-corrected chi connectivity index (χ3v) is 9.47. The number of ether oxygens (including phenoxy) is 3. The van der Waals surface area contributed by atoms with Crippen molar-refractivity contribution in [3.8, 4) is 28.9 Å². The average molecular weight is 606 g/mol. The summed E-state index contributed by atoms with van der Waals surface area (Å²) >= 11 is 0. The third kappa shape index (κ3) is 4.86. The van der Waals surface area contributed by atoms with Gasteiger partial charge in [0.2, 0.25) is 5.88 Å². The SMILES string of the molecule is CCc1c(F)ccc2cc(O)cc(-c3nc(OC)c4c(N5CCCOCC5)nc(OCC56CCCN5CCC6)nc4c3F)c12. The van der Waals surface area contributed by atoms with Gasteiger partial charge in [-0.15, -0.1) is 0 Å². The number of fused-ring (bicyclic) bond motifs is 3. The molecule has 1 N–H and O–H groups in total. The molecule has 0 atom stereocenters. The first kappa shape index (κ1) is 28.9. The second-order valence-corrected chi connectivity index (χ2v) is 12.0. The number of hydrogen-bond acceptors (Lipinski definition) is 9. The van der Waals surface area contributed by atoms with Crippen LogP contribution in [0.4, 0.5) is 14.6 Å². The molecule has 0 aliphatic carbocycles. The second-order valence-electron chi connectivity index (χ2n) is 12.0. The van der Waals surface area contributed by atoms with E-state index in [-0.39, 0.29) is 40.0 Å². The number of aromatic nitrogens is 3.